The average Bonchev–Trinajstić information content (AvgIpc) is 2.42. The molecule has 1 N–H and O–H groups in total. The van der Waals surface area contributed by atoms with Gasteiger partial charge in [-0.3, -0.25) is 0 Å². The first-order valence-corrected chi connectivity index (χ1v) is 5.19. The van der Waals surface area contributed by atoms with E-state index in [-0.39, 0.29) is 0 Å². The molecule has 0 aliphatic carbocycles. The topological polar surface area (TPSA) is 42.2 Å². The zero-order valence-electron chi connectivity index (χ0n) is 7.07. The second-order valence-corrected chi connectivity index (χ2v) is 4.33. The van der Waals surface area contributed by atoms with Gasteiger partial charge in [0.25, 0.3) is 0 Å². The summed E-state index contributed by atoms with van der Waals surface area (Å²) in [6, 6.07) is 5.04. The molecule has 5 heteroatoms. The normalized spacial score (nSPS) is 10.7. The van der Waals surface area contributed by atoms with Crippen molar-refractivity contribution < 1.29 is 9.90 Å². The monoisotopic (exact) mass is 271 g/mol. The number of hydrogen-bond donors (Lipinski definition) is 1. The number of rotatable bonds is 1. The molecule has 72 valence electrons. The van der Waals surface area contributed by atoms with Crippen molar-refractivity contribution in [3.63, 3.8) is 0 Å². The van der Waals surface area contributed by atoms with E-state index in [2.05, 4.69) is 25.3 Å². The molecule has 1 aromatic heterocycles. The molecule has 0 fully saturated rings. The number of carboxylic acid groups (broad SMARTS) is 1. The van der Waals surface area contributed by atoms with Crippen molar-refractivity contribution in [3.8, 4) is 0 Å². The average molecular weight is 272 g/mol. The fourth-order valence-corrected chi connectivity index (χ4v) is 2.48. The smallest absolute Gasteiger partial charge is 0.335 e. The van der Waals surface area contributed by atoms with Crippen molar-refractivity contribution in [1.29, 1.82) is 0 Å². The van der Waals surface area contributed by atoms with Gasteiger partial charge in [0.15, 0.2) is 0 Å². The summed E-state index contributed by atoms with van der Waals surface area (Å²) in [5.74, 6) is -0.908. The van der Waals surface area contributed by atoms with Crippen LogP contribution in [-0.2, 0) is 0 Å². The third-order valence-electron chi connectivity index (χ3n) is 2.03. The van der Waals surface area contributed by atoms with Gasteiger partial charge in [-0.25, -0.2) is 4.79 Å². The van der Waals surface area contributed by atoms with Crippen LogP contribution >= 0.6 is 25.3 Å². The molecule has 0 spiro atoms. The number of fused-ring (bicyclic) bond motifs is 1. The molecule has 0 bridgehead atoms. The van der Waals surface area contributed by atoms with Gasteiger partial charge in [-0.2, -0.15) is 0 Å². The van der Waals surface area contributed by atoms with Crippen LogP contribution in [0.15, 0.2) is 28.9 Å². The predicted octanol–water partition coefficient (Wildman–Crippen LogP) is 2.74. The number of benzene rings is 1. The minimum atomic E-state index is -0.908. The molecule has 14 heavy (non-hydrogen) atoms. The van der Waals surface area contributed by atoms with Gasteiger partial charge in [0.1, 0.15) is 0 Å². The van der Waals surface area contributed by atoms with E-state index in [4.69, 9.17) is 5.11 Å². The maximum atomic E-state index is 10.7. The van der Waals surface area contributed by atoms with Gasteiger partial charge < -0.3 is 9.44 Å². The number of carboxylic acids is 1. The first-order valence-electron chi connectivity index (χ1n) is 3.88. The number of nitrogens with zero attached hydrogens (tertiary/aromatic N) is 1. The van der Waals surface area contributed by atoms with E-state index in [1.807, 2.05) is 10.5 Å². The fourth-order valence-electron chi connectivity index (χ4n) is 1.34. The summed E-state index contributed by atoms with van der Waals surface area (Å²) >= 11 is 3.40. The van der Waals surface area contributed by atoms with Crippen molar-refractivity contribution >= 4 is 42.2 Å². The Morgan fingerprint density at radius 2 is 2.21 bits per heavy atom. The van der Waals surface area contributed by atoms with E-state index >= 15 is 0 Å². The number of hydrogen-bond acceptors (Lipinski definition) is 1. The Bertz CT molecular complexity index is 521. The molecule has 2 aromatic rings. The molecule has 1 unspecified atom stereocenters. The molecule has 0 aliphatic heterocycles. The molecule has 0 radical (unpaired) electrons. The Kier molecular flexibility index (Phi) is 2.33. The van der Waals surface area contributed by atoms with Gasteiger partial charge in [0.2, 0.25) is 0 Å². The maximum Gasteiger partial charge on any atom is 0.335 e. The SMILES string of the molecule is O=C(O)c1ccc2c(Br)cn(P)c2c1. The Labute approximate surface area is 91.1 Å². The summed E-state index contributed by atoms with van der Waals surface area (Å²) in [6.07, 6.45) is 1.88. The van der Waals surface area contributed by atoms with Crippen LogP contribution in [0.2, 0.25) is 0 Å². The van der Waals surface area contributed by atoms with Crippen LogP contribution in [0.25, 0.3) is 10.9 Å². The van der Waals surface area contributed by atoms with E-state index in [0.29, 0.717) is 5.56 Å². The van der Waals surface area contributed by atoms with Crippen LogP contribution in [0.1, 0.15) is 10.4 Å². The molecule has 3 nitrogen and oxygen atoms in total. The van der Waals surface area contributed by atoms with Gasteiger partial charge in [-0.1, -0.05) is 6.07 Å². The van der Waals surface area contributed by atoms with Gasteiger partial charge in [-0.05, 0) is 37.5 Å². The fraction of sp³-hybridized carbons (Fsp3) is 0. The van der Waals surface area contributed by atoms with E-state index in [1.54, 1.807) is 18.2 Å². The van der Waals surface area contributed by atoms with Gasteiger partial charge >= 0.3 is 5.97 Å². The second kappa shape index (κ2) is 3.37. The summed E-state index contributed by atoms with van der Waals surface area (Å²) in [5, 5.41) is 9.82. The number of carbonyl (C=O) groups is 1. The van der Waals surface area contributed by atoms with E-state index in [0.717, 1.165) is 15.4 Å². The van der Waals surface area contributed by atoms with Crippen LogP contribution < -0.4 is 0 Å². The van der Waals surface area contributed by atoms with Crippen LogP contribution in [-0.4, -0.2) is 15.4 Å². The van der Waals surface area contributed by atoms with Crippen molar-refractivity contribution in [2.24, 2.45) is 0 Å². The highest BCUT2D eigenvalue weighted by Gasteiger charge is 2.08. The van der Waals surface area contributed by atoms with E-state index < -0.39 is 5.97 Å². The van der Waals surface area contributed by atoms with Crippen LogP contribution in [0, 0.1) is 0 Å². The van der Waals surface area contributed by atoms with Crippen LogP contribution in [0.5, 0.6) is 0 Å². The van der Waals surface area contributed by atoms with Gasteiger partial charge in [0.05, 0.1) is 11.1 Å². The third-order valence-corrected chi connectivity index (χ3v) is 3.09. The summed E-state index contributed by atoms with van der Waals surface area (Å²) in [6.45, 7) is 0. The Morgan fingerprint density at radius 3 is 2.86 bits per heavy atom. The number of aromatic nitrogens is 1. The molecule has 2 rings (SSSR count). The largest absolute Gasteiger partial charge is 0.478 e. The molecule has 0 amide bonds. The number of aromatic carboxylic acids is 1. The Balaban J connectivity index is 2.77. The predicted molar refractivity (Wildman–Crippen MR) is 61.7 cm³/mol. The zero-order valence-corrected chi connectivity index (χ0v) is 9.81. The van der Waals surface area contributed by atoms with Gasteiger partial charge in [0, 0.05) is 16.1 Å². The standard InChI is InChI=1S/C9H7BrNO2P/c10-7-4-11(14)8-3-5(9(12)13)1-2-6(7)8/h1-4H,14H2,(H,12,13). The lowest BCUT2D eigenvalue weighted by atomic mass is 10.2. The highest BCUT2D eigenvalue weighted by atomic mass is 79.9. The molecule has 0 saturated heterocycles. The van der Waals surface area contributed by atoms with Crippen molar-refractivity contribution in [1.82, 2.24) is 4.34 Å². The Hall–Kier alpha value is -0.860. The molecule has 1 heterocycles. The molecular weight excluding hydrogens is 265 g/mol. The first-order chi connectivity index (χ1) is 6.59. The summed E-state index contributed by atoms with van der Waals surface area (Å²) in [4.78, 5) is 10.7. The highest BCUT2D eigenvalue weighted by molar-refractivity contribution is 9.10. The molecule has 0 aliphatic rings. The van der Waals surface area contributed by atoms with Crippen LogP contribution in [0.3, 0.4) is 0 Å². The minimum Gasteiger partial charge on any atom is -0.478 e. The minimum absolute atomic E-state index is 0.298. The second-order valence-electron chi connectivity index (χ2n) is 2.92. The number of halogens is 1. The molecule has 1 aromatic carbocycles. The van der Waals surface area contributed by atoms with Crippen LogP contribution in [0.4, 0.5) is 0 Å². The third kappa shape index (κ3) is 1.45. The lowest BCUT2D eigenvalue weighted by Crippen LogP contribution is -1.95. The molecular formula is C9H7BrNO2P. The summed E-state index contributed by atoms with van der Waals surface area (Å²) in [7, 11) is 2.51. The maximum absolute atomic E-state index is 10.7. The summed E-state index contributed by atoms with van der Waals surface area (Å²) < 4.78 is 2.77. The lowest BCUT2D eigenvalue weighted by molar-refractivity contribution is 0.0697. The quantitative estimate of drug-likeness (QED) is 0.811. The lowest BCUT2D eigenvalue weighted by Gasteiger charge is -1.97. The van der Waals surface area contributed by atoms with Crippen molar-refractivity contribution in [3.05, 3.63) is 34.4 Å². The Morgan fingerprint density at radius 1 is 1.50 bits per heavy atom. The van der Waals surface area contributed by atoms with E-state index in [1.165, 1.54) is 0 Å². The van der Waals surface area contributed by atoms with E-state index in [9.17, 15) is 4.79 Å². The zero-order chi connectivity index (χ0) is 10.3. The highest BCUT2D eigenvalue weighted by Crippen LogP contribution is 2.28. The summed E-state index contributed by atoms with van der Waals surface area (Å²) in [5.41, 5.74) is 1.17. The molecule has 1 atom stereocenters. The molecule has 0 saturated carbocycles. The van der Waals surface area contributed by atoms with Crippen molar-refractivity contribution in [2.75, 3.05) is 0 Å². The van der Waals surface area contributed by atoms with Gasteiger partial charge in [-0.15, -0.1) is 0 Å². The first kappa shape index (κ1) is 9.69. The van der Waals surface area contributed by atoms with Crippen molar-refractivity contribution in [2.45, 2.75) is 0 Å².